The second-order valence-corrected chi connectivity index (χ2v) is 10.8. The quantitative estimate of drug-likeness (QED) is 0.235. The van der Waals surface area contributed by atoms with E-state index in [9.17, 15) is 26.7 Å². The Kier molecular flexibility index (Phi) is 8.47. The summed E-state index contributed by atoms with van der Waals surface area (Å²) in [4.78, 5) is 12.1. The second kappa shape index (κ2) is 11.7. The molecule has 0 amide bonds. The number of aromatic nitrogens is 3. The minimum atomic E-state index is -4.60. The Morgan fingerprint density at radius 2 is 1.71 bits per heavy atom. The fourth-order valence-electron chi connectivity index (χ4n) is 4.02. The van der Waals surface area contributed by atoms with Gasteiger partial charge in [0.15, 0.2) is 11.6 Å². The number of sulfonamides is 1. The van der Waals surface area contributed by atoms with Crippen LogP contribution in [0.25, 0.3) is 11.3 Å². The molecular weight excluding hydrogens is 563 g/mol. The number of alkyl halides is 3. The van der Waals surface area contributed by atoms with Crippen molar-refractivity contribution in [3.05, 3.63) is 83.0 Å². The van der Waals surface area contributed by atoms with Gasteiger partial charge in [0.1, 0.15) is 17.8 Å². The zero-order chi connectivity index (χ0) is 29.9. The first-order chi connectivity index (χ1) is 19.2. The van der Waals surface area contributed by atoms with Crippen molar-refractivity contribution in [3.8, 4) is 28.8 Å². The van der Waals surface area contributed by atoms with E-state index in [0.29, 0.717) is 5.75 Å². The van der Waals surface area contributed by atoms with Crippen LogP contribution < -0.4 is 19.9 Å². The number of nitrogens with one attached hydrogen (secondary N) is 1. The number of hydrogen-bond acceptors (Lipinski definition) is 9. The standard InChI is InChI=1S/C27H26F3N5O5S/c1-15-12-16(2)23(17(3)13-15)40-26-19(24(36)35-41(37,38)22-8-4-7-21(31)34-22)9-10-20(33-26)18-6-5-11-32-25(18)39-14-27(28,29)30/h4-13,24,35-36H,14H2,1-3H3,(H2,31,34). The molecule has 1 unspecified atom stereocenters. The number of pyridine rings is 3. The van der Waals surface area contributed by atoms with Crippen molar-refractivity contribution in [2.24, 2.45) is 0 Å². The van der Waals surface area contributed by atoms with Gasteiger partial charge in [-0.2, -0.15) is 17.9 Å². The van der Waals surface area contributed by atoms with Crippen LogP contribution in [-0.2, 0) is 10.0 Å². The normalized spacial score (nSPS) is 12.7. The maximum absolute atomic E-state index is 12.9. The van der Waals surface area contributed by atoms with Crippen molar-refractivity contribution in [1.82, 2.24) is 19.7 Å². The predicted octanol–water partition coefficient (Wildman–Crippen LogP) is 4.75. The van der Waals surface area contributed by atoms with Crippen LogP contribution in [0.1, 0.15) is 28.5 Å². The zero-order valence-corrected chi connectivity index (χ0v) is 22.9. The van der Waals surface area contributed by atoms with Crippen molar-refractivity contribution in [3.63, 3.8) is 0 Å². The number of rotatable bonds is 9. The van der Waals surface area contributed by atoms with Gasteiger partial charge < -0.3 is 20.3 Å². The molecule has 4 aromatic rings. The van der Waals surface area contributed by atoms with Gasteiger partial charge in [-0.15, -0.1) is 0 Å². The summed E-state index contributed by atoms with van der Waals surface area (Å²) in [6.45, 7) is 3.93. The minimum Gasteiger partial charge on any atom is -0.468 e. The summed E-state index contributed by atoms with van der Waals surface area (Å²) < 4.78 is 77.4. The molecule has 0 saturated carbocycles. The van der Waals surface area contributed by atoms with Crippen LogP contribution in [0.15, 0.2) is 65.8 Å². The molecule has 0 spiro atoms. The van der Waals surface area contributed by atoms with Crippen LogP contribution in [-0.4, -0.2) is 41.3 Å². The number of anilines is 1. The number of nitrogen functional groups attached to an aromatic ring is 1. The van der Waals surface area contributed by atoms with E-state index >= 15 is 0 Å². The van der Waals surface area contributed by atoms with Crippen molar-refractivity contribution in [1.29, 1.82) is 0 Å². The number of benzene rings is 1. The highest BCUT2D eigenvalue weighted by Gasteiger charge is 2.30. The molecule has 0 aliphatic carbocycles. The van der Waals surface area contributed by atoms with Gasteiger partial charge in [-0.3, -0.25) is 0 Å². The summed E-state index contributed by atoms with van der Waals surface area (Å²) in [5, 5.41) is 10.6. The third-order valence-electron chi connectivity index (χ3n) is 5.69. The van der Waals surface area contributed by atoms with Crippen LogP contribution >= 0.6 is 0 Å². The molecule has 216 valence electrons. The topological polar surface area (TPSA) is 150 Å². The highest BCUT2D eigenvalue weighted by Crippen LogP contribution is 2.36. The highest BCUT2D eigenvalue weighted by molar-refractivity contribution is 7.89. The van der Waals surface area contributed by atoms with E-state index in [1.165, 1.54) is 48.7 Å². The van der Waals surface area contributed by atoms with Gasteiger partial charge in [0.2, 0.25) is 11.8 Å². The fourth-order valence-corrected chi connectivity index (χ4v) is 5.04. The van der Waals surface area contributed by atoms with Gasteiger partial charge in [0.05, 0.1) is 16.8 Å². The van der Waals surface area contributed by atoms with E-state index in [0.717, 1.165) is 16.7 Å². The van der Waals surface area contributed by atoms with E-state index in [1.807, 2.05) is 19.1 Å². The third kappa shape index (κ3) is 7.28. The molecular formula is C27H26F3N5O5S. The van der Waals surface area contributed by atoms with Gasteiger partial charge in [-0.1, -0.05) is 23.8 Å². The average molecular weight is 590 g/mol. The maximum atomic E-state index is 12.9. The largest absolute Gasteiger partial charge is 0.468 e. The second-order valence-electron chi connectivity index (χ2n) is 9.11. The third-order valence-corrected chi connectivity index (χ3v) is 7.01. The average Bonchev–Trinajstić information content (AvgIpc) is 2.89. The number of hydrogen-bond donors (Lipinski definition) is 3. The van der Waals surface area contributed by atoms with Crippen LogP contribution in [0.5, 0.6) is 17.5 Å². The number of aryl methyl sites for hydroxylation is 3. The Morgan fingerprint density at radius 3 is 2.37 bits per heavy atom. The van der Waals surface area contributed by atoms with Gasteiger partial charge in [-0.25, -0.2) is 23.4 Å². The molecule has 4 N–H and O–H groups in total. The van der Waals surface area contributed by atoms with E-state index in [-0.39, 0.29) is 34.4 Å². The summed E-state index contributed by atoms with van der Waals surface area (Å²) in [5.74, 6) is -0.178. The van der Waals surface area contributed by atoms with Crippen LogP contribution in [0.4, 0.5) is 19.0 Å². The summed E-state index contributed by atoms with van der Waals surface area (Å²) >= 11 is 0. The molecule has 1 aromatic carbocycles. The minimum absolute atomic E-state index is 0.0391. The summed E-state index contributed by atoms with van der Waals surface area (Å²) in [7, 11) is -4.34. The number of aliphatic hydroxyl groups is 1. The first-order valence-electron chi connectivity index (χ1n) is 12.1. The fraction of sp³-hybridized carbons (Fsp3) is 0.222. The molecule has 14 heteroatoms. The van der Waals surface area contributed by atoms with E-state index in [1.54, 1.807) is 13.8 Å². The van der Waals surface area contributed by atoms with Crippen molar-refractivity contribution < 1.29 is 36.2 Å². The van der Waals surface area contributed by atoms with Crippen LogP contribution in [0, 0.1) is 20.8 Å². The monoisotopic (exact) mass is 589 g/mol. The van der Waals surface area contributed by atoms with E-state index in [4.69, 9.17) is 15.2 Å². The lowest BCUT2D eigenvalue weighted by Gasteiger charge is -2.19. The van der Waals surface area contributed by atoms with Gasteiger partial charge in [0, 0.05) is 6.20 Å². The Bertz CT molecular complexity index is 1660. The lowest BCUT2D eigenvalue weighted by molar-refractivity contribution is -0.154. The predicted molar refractivity (Wildman–Crippen MR) is 144 cm³/mol. The molecule has 3 heterocycles. The summed E-state index contributed by atoms with van der Waals surface area (Å²) in [6.07, 6.45) is -5.19. The van der Waals surface area contributed by atoms with Gasteiger partial charge >= 0.3 is 6.18 Å². The molecule has 0 saturated heterocycles. The van der Waals surface area contributed by atoms with Gasteiger partial charge in [-0.05, 0) is 68.3 Å². The van der Waals surface area contributed by atoms with Crippen LogP contribution in [0.2, 0.25) is 0 Å². The van der Waals surface area contributed by atoms with Crippen molar-refractivity contribution in [2.75, 3.05) is 12.3 Å². The SMILES string of the molecule is Cc1cc(C)c(Oc2nc(-c3cccnc3OCC(F)(F)F)ccc2C(O)NS(=O)(=O)c2cccc(N)n2)c(C)c1. The van der Waals surface area contributed by atoms with Gasteiger partial charge in [0.25, 0.3) is 10.0 Å². The first-order valence-corrected chi connectivity index (χ1v) is 13.6. The lowest BCUT2D eigenvalue weighted by atomic mass is 10.1. The van der Waals surface area contributed by atoms with E-state index in [2.05, 4.69) is 19.7 Å². The molecule has 0 aliphatic heterocycles. The molecule has 4 rings (SSSR count). The molecule has 0 radical (unpaired) electrons. The molecule has 0 fully saturated rings. The Hall–Kier alpha value is -4.27. The molecule has 1 atom stereocenters. The Balaban J connectivity index is 1.78. The molecule has 0 aliphatic rings. The Labute approximate surface area is 234 Å². The lowest BCUT2D eigenvalue weighted by Crippen LogP contribution is -2.29. The van der Waals surface area contributed by atoms with Crippen molar-refractivity contribution >= 4 is 15.8 Å². The number of ether oxygens (including phenoxy) is 2. The maximum Gasteiger partial charge on any atom is 0.422 e. The number of aliphatic hydroxyl groups excluding tert-OH is 1. The number of nitrogens with zero attached hydrogens (tertiary/aromatic N) is 3. The highest BCUT2D eigenvalue weighted by atomic mass is 32.2. The molecule has 3 aromatic heterocycles. The molecule has 10 nitrogen and oxygen atoms in total. The molecule has 0 bridgehead atoms. The van der Waals surface area contributed by atoms with E-state index < -0.39 is 34.1 Å². The van der Waals surface area contributed by atoms with Crippen LogP contribution in [0.3, 0.4) is 0 Å². The zero-order valence-electron chi connectivity index (χ0n) is 22.1. The van der Waals surface area contributed by atoms with Crippen molar-refractivity contribution in [2.45, 2.75) is 38.2 Å². The summed E-state index contributed by atoms with van der Waals surface area (Å²) in [6, 6.07) is 13.4. The summed E-state index contributed by atoms with van der Waals surface area (Å²) in [5.41, 5.74) is 8.17. The smallest absolute Gasteiger partial charge is 0.422 e. The molecule has 41 heavy (non-hydrogen) atoms. The Morgan fingerprint density at radius 1 is 1.00 bits per heavy atom. The number of nitrogens with two attached hydrogens (primary N) is 1. The first kappa shape index (κ1) is 29.7. The number of halogens is 3.